The molecule has 0 bridgehead atoms. The number of methoxy groups -OCH3 is 1. The number of aliphatic imine (C=N–C) groups is 1. The normalized spacial score (nSPS) is 10.8. The van der Waals surface area contributed by atoms with Gasteiger partial charge in [-0.05, 0) is 54.1 Å². The Hall–Kier alpha value is -4.45. The van der Waals surface area contributed by atoms with Crippen LogP contribution in [0.5, 0.6) is 5.75 Å². The quantitative estimate of drug-likeness (QED) is 0.186. The topological polar surface area (TPSA) is 68.0 Å². The number of anilines is 3. The summed E-state index contributed by atoms with van der Waals surface area (Å²) in [5.74, 6) is 0.418. The molecule has 0 heterocycles. The van der Waals surface area contributed by atoms with Crippen LogP contribution in [0.4, 0.5) is 28.4 Å². The van der Waals surface area contributed by atoms with E-state index in [4.69, 9.17) is 4.74 Å². The summed E-state index contributed by atoms with van der Waals surface area (Å²) in [5, 5.41) is 11.4. The number of rotatable bonds is 7. The first-order valence-electron chi connectivity index (χ1n) is 10.0. The number of hydrogen-bond donors (Lipinski definition) is 0. The molecule has 0 amide bonds. The zero-order chi connectivity index (χ0) is 22.3. The molecule has 0 atom stereocenters. The summed E-state index contributed by atoms with van der Waals surface area (Å²) in [6.45, 7) is 0. The smallest absolute Gasteiger partial charge is 0.298 e. The van der Waals surface area contributed by atoms with Gasteiger partial charge in [-0.15, -0.1) is 0 Å². The lowest BCUT2D eigenvalue weighted by molar-refractivity contribution is -0.384. The summed E-state index contributed by atoms with van der Waals surface area (Å²) < 4.78 is 5.07. The van der Waals surface area contributed by atoms with Crippen molar-refractivity contribution in [2.24, 2.45) is 4.99 Å². The minimum atomic E-state index is -0.462. The van der Waals surface area contributed by atoms with Gasteiger partial charge in [0.25, 0.3) is 5.69 Å². The fourth-order valence-corrected chi connectivity index (χ4v) is 3.34. The highest BCUT2D eigenvalue weighted by Crippen LogP contribution is 2.34. The van der Waals surface area contributed by atoms with Gasteiger partial charge in [0.1, 0.15) is 11.4 Å². The molecule has 0 saturated carbocycles. The van der Waals surface area contributed by atoms with Crippen molar-refractivity contribution < 1.29 is 9.66 Å². The number of para-hydroxylation sites is 2. The van der Waals surface area contributed by atoms with Crippen LogP contribution in [0.15, 0.2) is 108 Å². The molecular weight excluding hydrogens is 402 g/mol. The molecule has 0 radical (unpaired) electrons. The fourth-order valence-electron chi connectivity index (χ4n) is 3.34. The van der Waals surface area contributed by atoms with Crippen LogP contribution in [0.2, 0.25) is 0 Å². The average molecular weight is 423 g/mol. The van der Waals surface area contributed by atoms with Gasteiger partial charge in [-0.25, -0.2) is 4.99 Å². The van der Waals surface area contributed by atoms with Crippen LogP contribution in [0.25, 0.3) is 0 Å². The van der Waals surface area contributed by atoms with Crippen molar-refractivity contribution in [3.8, 4) is 5.75 Å². The second-order valence-electron chi connectivity index (χ2n) is 6.97. The molecule has 0 spiro atoms. The van der Waals surface area contributed by atoms with E-state index in [9.17, 15) is 10.1 Å². The lowest BCUT2D eigenvalue weighted by Gasteiger charge is -2.25. The number of ether oxygens (including phenoxy) is 1. The molecule has 0 fully saturated rings. The van der Waals surface area contributed by atoms with Gasteiger partial charge < -0.3 is 9.64 Å². The summed E-state index contributed by atoms with van der Waals surface area (Å²) in [4.78, 5) is 17.4. The van der Waals surface area contributed by atoms with Crippen LogP contribution in [-0.2, 0) is 0 Å². The molecule has 0 unspecified atom stereocenters. The Bertz CT molecular complexity index is 1180. The van der Waals surface area contributed by atoms with Crippen molar-refractivity contribution in [2.75, 3.05) is 12.0 Å². The van der Waals surface area contributed by atoms with E-state index in [2.05, 4.69) is 34.2 Å². The Balaban J connectivity index is 1.63. The van der Waals surface area contributed by atoms with E-state index in [-0.39, 0.29) is 11.4 Å². The molecular formula is C26H21N3O3. The van der Waals surface area contributed by atoms with Gasteiger partial charge in [0.05, 0.1) is 18.1 Å². The Morgan fingerprint density at radius 3 is 1.91 bits per heavy atom. The van der Waals surface area contributed by atoms with Crippen LogP contribution in [-0.4, -0.2) is 18.2 Å². The van der Waals surface area contributed by atoms with Gasteiger partial charge in [0.15, 0.2) is 0 Å². The van der Waals surface area contributed by atoms with Crippen molar-refractivity contribution in [3.63, 3.8) is 0 Å². The molecule has 6 nitrogen and oxygen atoms in total. The highest BCUT2D eigenvalue weighted by Gasteiger charge is 2.14. The first kappa shape index (κ1) is 20.8. The zero-order valence-electron chi connectivity index (χ0n) is 17.5. The Morgan fingerprint density at radius 2 is 1.38 bits per heavy atom. The lowest BCUT2D eigenvalue weighted by Crippen LogP contribution is -2.09. The maximum atomic E-state index is 11.4. The van der Waals surface area contributed by atoms with Gasteiger partial charge in [0, 0.05) is 23.3 Å². The Kier molecular flexibility index (Phi) is 6.22. The first-order chi connectivity index (χ1) is 15.7. The summed E-state index contributed by atoms with van der Waals surface area (Å²) in [7, 11) is 1.47. The minimum Gasteiger partial charge on any atom is -0.496 e. The highest BCUT2D eigenvalue weighted by molar-refractivity contribution is 5.85. The van der Waals surface area contributed by atoms with Crippen LogP contribution < -0.4 is 9.64 Å². The second-order valence-corrected chi connectivity index (χ2v) is 6.97. The van der Waals surface area contributed by atoms with Gasteiger partial charge >= 0.3 is 0 Å². The van der Waals surface area contributed by atoms with E-state index >= 15 is 0 Å². The van der Waals surface area contributed by atoms with E-state index in [1.54, 1.807) is 18.3 Å². The van der Waals surface area contributed by atoms with Crippen molar-refractivity contribution in [1.29, 1.82) is 0 Å². The number of hydrogen-bond acceptors (Lipinski definition) is 5. The molecule has 158 valence electrons. The molecule has 0 aliphatic heterocycles. The van der Waals surface area contributed by atoms with Crippen LogP contribution >= 0.6 is 0 Å². The molecule has 6 heteroatoms. The minimum absolute atomic E-state index is 0.100. The first-order valence-corrected chi connectivity index (χ1v) is 10.0. The third kappa shape index (κ3) is 4.65. The van der Waals surface area contributed by atoms with Crippen molar-refractivity contribution in [3.05, 3.63) is 119 Å². The molecule has 0 aliphatic rings. The van der Waals surface area contributed by atoms with E-state index in [1.165, 1.54) is 13.2 Å². The summed E-state index contributed by atoms with van der Waals surface area (Å²) >= 11 is 0. The van der Waals surface area contributed by atoms with Gasteiger partial charge in [-0.2, -0.15) is 0 Å². The van der Waals surface area contributed by atoms with E-state index < -0.39 is 4.92 Å². The predicted octanol–water partition coefficient (Wildman–Crippen LogP) is 6.82. The van der Waals surface area contributed by atoms with Gasteiger partial charge in [0.2, 0.25) is 0 Å². The largest absolute Gasteiger partial charge is 0.496 e. The molecule has 0 aromatic heterocycles. The van der Waals surface area contributed by atoms with Gasteiger partial charge in [-0.1, -0.05) is 48.5 Å². The van der Waals surface area contributed by atoms with Crippen molar-refractivity contribution in [2.45, 2.75) is 0 Å². The lowest BCUT2D eigenvalue weighted by atomic mass is 10.1. The molecule has 32 heavy (non-hydrogen) atoms. The maximum Gasteiger partial charge on any atom is 0.298 e. The number of benzene rings is 4. The molecule has 0 N–H and O–H groups in total. The van der Waals surface area contributed by atoms with E-state index in [1.807, 2.05) is 60.7 Å². The molecule has 0 saturated heterocycles. The third-order valence-corrected chi connectivity index (χ3v) is 4.91. The highest BCUT2D eigenvalue weighted by atomic mass is 16.6. The third-order valence-electron chi connectivity index (χ3n) is 4.91. The monoisotopic (exact) mass is 423 g/mol. The van der Waals surface area contributed by atoms with E-state index in [0.717, 1.165) is 22.6 Å². The van der Waals surface area contributed by atoms with Crippen LogP contribution in [0.3, 0.4) is 0 Å². The Labute approximate surface area is 186 Å². The van der Waals surface area contributed by atoms with Gasteiger partial charge in [-0.3, -0.25) is 10.1 Å². The average Bonchev–Trinajstić information content (AvgIpc) is 2.85. The molecule has 4 aromatic carbocycles. The number of nitro benzene ring substituents is 1. The Morgan fingerprint density at radius 1 is 0.812 bits per heavy atom. The molecule has 0 aliphatic carbocycles. The molecule has 4 aromatic rings. The zero-order valence-corrected chi connectivity index (χ0v) is 17.5. The predicted molar refractivity (Wildman–Crippen MR) is 128 cm³/mol. The summed E-state index contributed by atoms with van der Waals surface area (Å²) in [6, 6.07) is 32.7. The molecule has 4 rings (SSSR count). The standard InChI is InChI=1S/C26H21N3O3/c1-32-24-16-17-25(26(18-24)29(30)31)27-19-20-12-14-23(15-13-20)28(21-8-4-2-5-9-21)22-10-6-3-7-11-22/h2-19H,1H3. The summed E-state index contributed by atoms with van der Waals surface area (Å²) in [6.07, 6.45) is 1.62. The second kappa shape index (κ2) is 9.57. The SMILES string of the molecule is COc1ccc(N=Cc2ccc(N(c3ccccc3)c3ccccc3)cc2)c([N+](=O)[O-])c1. The van der Waals surface area contributed by atoms with Crippen molar-refractivity contribution >= 4 is 34.7 Å². The maximum absolute atomic E-state index is 11.4. The van der Waals surface area contributed by atoms with Crippen LogP contribution in [0, 0.1) is 10.1 Å². The van der Waals surface area contributed by atoms with Crippen molar-refractivity contribution in [1.82, 2.24) is 0 Å². The number of nitrogens with zero attached hydrogens (tertiary/aromatic N) is 3. The number of nitro groups is 1. The summed E-state index contributed by atoms with van der Waals surface area (Å²) in [5.41, 5.74) is 4.10. The van der Waals surface area contributed by atoms with E-state index in [0.29, 0.717) is 5.75 Å². The fraction of sp³-hybridized carbons (Fsp3) is 0.0385. The van der Waals surface area contributed by atoms with Crippen LogP contribution in [0.1, 0.15) is 5.56 Å².